The fraction of sp³-hybridized carbons (Fsp3) is 0.320. The Balaban J connectivity index is 2.16. The van der Waals surface area contributed by atoms with Crippen LogP contribution in [0.2, 0.25) is 5.02 Å². The van der Waals surface area contributed by atoms with Crippen LogP contribution in [0.25, 0.3) is 10.8 Å². The Bertz CT molecular complexity index is 1060. The highest BCUT2D eigenvalue weighted by atomic mass is 35.5. The number of fused-ring (bicyclic) bond motifs is 1. The van der Waals surface area contributed by atoms with Crippen molar-refractivity contribution in [1.82, 2.24) is 0 Å². The number of aromatic hydroxyl groups is 1. The summed E-state index contributed by atoms with van der Waals surface area (Å²) in [7, 11) is 0. The number of phenols is 1. The number of phenolic OH excluding ortho intramolecular Hbond substituents is 1. The third kappa shape index (κ3) is 5.05. The van der Waals surface area contributed by atoms with Gasteiger partial charge in [0.1, 0.15) is 0 Å². The van der Waals surface area contributed by atoms with Crippen LogP contribution in [-0.4, -0.2) is 24.3 Å². The molecule has 3 aromatic rings. The SMILES string of the molecule is CCCOc1c(OCCC)c(OC(=O)c2ccc(CC)cc2)c2cc(Cl)ccc2c1O. The summed E-state index contributed by atoms with van der Waals surface area (Å²) in [5.74, 6) is -0.0644. The van der Waals surface area contributed by atoms with Crippen molar-refractivity contribution in [3.63, 3.8) is 0 Å². The number of halogens is 1. The number of carbonyl (C=O) groups excluding carboxylic acids is 1. The molecule has 0 bridgehead atoms. The molecule has 0 unspecified atom stereocenters. The molecule has 0 amide bonds. The summed E-state index contributed by atoms with van der Waals surface area (Å²) in [5, 5.41) is 12.3. The monoisotopic (exact) mass is 442 g/mol. The van der Waals surface area contributed by atoms with Crippen molar-refractivity contribution in [2.24, 2.45) is 0 Å². The molecule has 5 nitrogen and oxygen atoms in total. The minimum Gasteiger partial charge on any atom is -0.504 e. The maximum absolute atomic E-state index is 13.0. The number of carbonyl (C=O) groups is 1. The highest BCUT2D eigenvalue weighted by molar-refractivity contribution is 6.31. The van der Waals surface area contributed by atoms with Gasteiger partial charge in [-0.1, -0.05) is 44.5 Å². The van der Waals surface area contributed by atoms with E-state index in [-0.39, 0.29) is 23.0 Å². The molecule has 3 aromatic carbocycles. The number of esters is 1. The fourth-order valence-corrected chi connectivity index (χ4v) is 3.34. The van der Waals surface area contributed by atoms with Crippen LogP contribution in [-0.2, 0) is 6.42 Å². The number of hydrogen-bond acceptors (Lipinski definition) is 5. The maximum Gasteiger partial charge on any atom is 0.343 e. The van der Waals surface area contributed by atoms with Crippen molar-refractivity contribution < 1.29 is 24.1 Å². The largest absolute Gasteiger partial charge is 0.504 e. The summed E-state index contributed by atoms with van der Waals surface area (Å²) in [4.78, 5) is 13.0. The minimum atomic E-state index is -0.530. The summed E-state index contributed by atoms with van der Waals surface area (Å²) in [5.41, 5.74) is 1.54. The van der Waals surface area contributed by atoms with Gasteiger partial charge in [-0.2, -0.15) is 0 Å². The first-order valence-corrected chi connectivity index (χ1v) is 10.9. The zero-order valence-corrected chi connectivity index (χ0v) is 18.8. The average Bonchev–Trinajstić information content (AvgIpc) is 2.79. The van der Waals surface area contributed by atoms with Crippen LogP contribution >= 0.6 is 11.6 Å². The van der Waals surface area contributed by atoms with Crippen LogP contribution in [0.15, 0.2) is 42.5 Å². The molecule has 0 fully saturated rings. The van der Waals surface area contributed by atoms with Crippen molar-refractivity contribution in [3.05, 3.63) is 58.6 Å². The van der Waals surface area contributed by atoms with Crippen LogP contribution in [0.5, 0.6) is 23.0 Å². The fourth-order valence-electron chi connectivity index (χ4n) is 3.17. The van der Waals surface area contributed by atoms with Crippen LogP contribution in [0.1, 0.15) is 49.5 Å². The smallest absolute Gasteiger partial charge is 0.343 e. The van der Waals surface area contributed by atoms with Gasteiger partial charge in [-0.25, -0.2) is 4.79 Å². The first kappa shape index (κ1) is 22.8. The highest BCUT2D eigenvalue weighted by Crippen LogP contribution is 2.51. The lowest BCUT2D eigenvalue weighted by molar-refractivity contribution is 0.0729. The molecule has 6 heteroatoms. The number of rotatable bonds is 9. The Morgan fingerprint density at radius 1 is 0.871 bits per heavy atom. The van der Waals surface area contributed by atoms with E-state index in [4.69, 9.17) is 25.8 Å². The van der Waals surface area contributed by atoms with Gasteiger partial charge < -0.3 is 19.3 Å². The number of aryl methyl sites for hydroxylation is 1. The highest BCUT2D eigenvalue weighted by Gasteiger charge is 2.26. The van der Waals surface area contributed by atoms with Gasteiger partial charge in [0.15, 0.2) is 11.5 Å². The van der Waals surface area contributed by atoms with E-state index >= 15 is 0 Å². The molecule has 0 atom stereocenters. The van der Waals surface area contributed by atoms with Gasteiger partial charge in [0.05, 0.1) is 18.8 Å². The molecule has 0 saturated carbocycles. The molecule has 164 valence electrons. The van der Waals surface area contributed by atoms with Crippen molar-refractivity contribution >= 4 is 28.3 Å². The molecule has 31 heavy (non-hydrogen) atoms. The van der Waals surface area contributed by atoms with E-state index in [2.05, 4.69) is 6.92 Å². The Kier molecular flexibility index (Phi) is 7.64. The van der Waals surface area contributed by atoms with Gasteiger partial charge in [0, 0.05) is 15.8 Å². The van der Waals surface area contributed by atoms with Crippen LogP contribution < -0.4 is 14.2 Å². The number of benzene rings is 3. The van der Waals surface area contributed by atoms with Crippen molar-refractivity contribution in [2.45, 2.75) is 40.0 Å². The summed E-state index contributed by atoms with van der Waals surface area (Å²) in [6.07, 6.45) is 2.35. The molecule has 0 radical (unpaired) electrons. The topological polar surface area (TPSA) is 65.0 Å². The Labute approximate surface area is 187 Å². The molecule has 0 aliphatic carbocycles. The average molecular weight is 443 g/mol. The van der Waals surface area contributed by atoms with E-state index in [1.165, 1.54) is 0 Å². The van der Waals surface area contributed by atoms with Gasteiger partial charge >= 0.3 is 5.97 Å². The molecule has 0 heterocycles. The first-order valence-electron chi connectivity index (χ1n) is 10.5. The summed E-state index contributed by atoms with van der Waals surface area (Å²) < 4.78 is 17.6. The summed E-state index contributed by atoms with van der Waals surface area (Å²) in [6, 6.07) is 12.2. The number of hydrogen-bond donors (Lipinski definition) is 1. The van der Waals surface area contributed by atoms with E-state index in [1.807, 2.05) is 26.0 Å². The van der Waals surface area contributed by atoms with Gasteiger partial charge in [-0.15, -0.1) is 0 Å². The zero-order chi connectivity index (χ0) is 22.4. The predicted molar refractivity (Wildman–Crippen MR) is 123 cm³/mol. The Hall–Kier alpha value is -2.92. The number of ether oxygens (including phenoxy) is 3. The van der Waals surface area contributed by atoms with Gasteiger partial charge in [-0.3, -0.25) is 0 Å². The second kappa shape index (κ2) is 10.4. The standard InChI is InChI=1S/C25H27ClO5/c1-4-13-29-23-21(27)19-12-11-18(26)15-20(19)22(24(23)30-14-5-2)31-25(28)17-9-7-16(6-3)8-10-17/h7-12,15,27H,4-6,13-14H2,1-3H3. The Morgan fingerprint density at radius 3 is 2.13 bits per heavy atom. The van der Waals surface area contributed by atoms with Crippen molar-refractivity contribution in [3.8, 4) is 23.0 Å². The lowest BCUT2D eigenvalue weighted by Crippen LogP contribution is -2.11. The second-order valence-electron chi connectivity index (χ2n) is 7.16. The maximum atomic E-state index is 13.0. The third-order valence-electron chi connectivity index (χ3n) is 4.80. The zero-order valence-electron chi connectivity index (χ0n) is 18.0. The van der Waals surface area contributed by atoms with Gasteiger partial charge in [-0.05, 0) is 55.2 Å². The molecule has 0 spiro atoms. The van der Waals surface area contributed by atoms with Crippen LogP contribution in [0, 0.1) is 0 Å². The Morgan fingerprint density at radius 2 is 1.52 bits per heavy atom. The second-order valence-corrected chi connectivity index (χ2v) is 7.60. The molecular weight excluding hydrogens is 416 g/mol. The van der Waals surface area contributed by atoms with E-state index in [1.54, 1.807) is 30.3 Å². The predicted octanol–water partition coefficient (Wildman–Crippen LogP) is 6.56. The van der Waals surface area contributed by atoms with E-state index in [0.29, 0.717) is 34.6 Å². The van der Waals surface area contributed by atoms with E-state index in [0.717, 1.165) is 24.8 Å². The summed E-state index contributed by atoms with van der Waals surface area (Å²) >= 11 is 6.22. The molecule has 1 N–H and O–H groups in total. The minimum absolute atomic E-state index is 0.0710. The lowest BCUT2D eigenvalue weighted by Gasteiger charge is -2.20. The van der Waals surface area contributed by atoms with Gasteiger partial charge in [0.2, 0.25) is 11.5 Å². The first-order chi connectivity index (χ1) is 15.0. The van der Waals surface area contributed by atoms with Crippen LogP contribution in [0.3, 0.4) is 0 Å². The van der Waals surface area contributed by atoms with Crippen LogP contribution in [0.4, 0.5) is 0 Å². The molecule has 0 aliphatic rings. The molecule has 0 aliphatic heterocycles. The lowest BCUT2D eigenvalue weighted by atomic mass is 10.1. The van der Waals surface area contributed by atoms with Gasteiger partial charge in [0.25, 0.3) is 0 Å². The molecule has 0 aromatic heterocycles. The van der Waals surface area contributed by atoms with E-state index in [9.17, 15) is 9.90 Å². The third-order valence-corrected chi connectivity index (χ3v) is 5.04. The summed E-state index contributed by atoms with van der Waals surface area (Å²) in [6.45, 7) is 6.72. The quantitative estimate of drug-likeness (QED) is 0.300. The molecular formula is C25H27ClO5. The molecule has 0 saturated heterocycles. The normalized spacial score (nSPS) is 10.8. The van der Waals surface area contributed by atoms with Crippen molar-refractivity contribution in [1.29, 1.82) is 0 Å². The van der Waals surface area contributed by atoms with Crippen molar-refractivity contribution in [2.75, 3.05) is 13.2 Å². The molecule has 3 rings (SSSR count). The van der Waals surface area contributed by atoms with E-state index < -0.39 is 5.97 Å².